The van der Waals surface area contributed by atoms with E-state index in [0.29, 0.717) is 5.65 Å². The Balaban J connectivity index is 0.528. The highest BCUT2D eigenvalue weighted by Gasteiger charge is 2.54. The summed E-state index contributed by atoms with van der Waals surface area (Å²) in [4.78, 5) is 219. The summed E-state index contributed by atoms with van der Waals surface area (Å²) in [6.45, 7) is -7.42. The Kier molecular flexibility index (Phi) is 28.9. The number of fused-ring (bicyclic) bond motifs is 7. The van der Waals surface area contributed by atoms with Crippen LogP contribution >= 0.6 is 54.8 Å². The molecule has 72 nitrogen and oxygen atoms in total. The van der Waals surface area contributed by atoms with Gasteiger partial charge in [-0.2, -0.15) is 24.9 Å². The molecule has 7 aliphatic heterocycles. The van der Waals surface area contributed by atoms with Gasteiger partial charge in [-0.3, -0.25) is 125 Å². The maximum atomic E-state index is 14.8. The summed E-state index contributed by atoms with van der Waals surface area (Å²) in [5.74, 6) is -1.61. The van der Waals surface area contributed by atoms with Crippen molar-refractivity contribution in [3.63, 3.8) is 0 Å². The lowest BCUT2D eigenvalue weighted by Crippen LogP contribution is -2.32. The molecule has 0 spiro atoms. The van der Waals surface area contributed by atoms with Crippen LogP contribution in [0.15, 0.2) is 105 Å². The Hall–Kier alpha value is -11.3. The van der Waals surface area contributed by atoms with E-state index < -0.39 is 309 Å². The van der Waals surface area contributed by atoms with E-state index >= 15 is 0 Å². The van der Waals surface area contributed by atoms with Gasteiger partial charge in [-0.25, -0.2) is 86.4 Å². The van der Waals surface area contributed by atoms with Crippen LogP contribution in [0.5, 0.6) is 0 Å². The number of aliphatic hydroxyl groups excluding tert-OH is 1. The molecule has 27 atom stereocenters. The van der Waals surface area contributed by atoms with Gasteiger partial charge in [-0.1, -0.05) is 0 Å². The fourth-order valence-electron chi connectivity index (χ4n) is 17.6. The highest BCUT2D eigenvalue weighted by Crippen LogP contribution is 2.59. The summed E-state index contributed by atoms with van der Waals surface area (Å²) in [6.07, 6.45) is -22.9. The summed E-state index contributed by atoms with van der Waals surface area (Å²) >= 11 is 0. The molecule has 13 aromatic heterocycles. The average molecular weight is 2230 g/mol. The number of phosphoric acid groups is 7. The molecule has 24 N–H and O–H groups in total. The zero-order valence-electron chi connectivity index (χ0n) is 75.6. The number of nitrogens with one attached hydrogen (secondary N) is 3. The Morgan fingerprint density at radius 3 is 0.940 bits per heavy atom. The Bertz CT molecular complexity index is 7980. The highest BCUT2D eigenvalue weighted by atomic mass is 31.2. The van der Waals surface area contributed by atoms with Gasteiger partial charge < -0.3 is 112 Å². The van der Waals surface area contributed by atoms with Crippen molar-refractivity contribution in [3.05, 3.63) is 133 Å². The second-order valence-corrected chi connectivity index (χ2v) is 43.8. The second-order valence-electron chi connectivity index (χ2n) is 34.1. The van der Waals surface area contributed by atoms with Crippen LogP contribution in [0.25, 0.3) is 61.5 Å². The van der Waals surface area contributed by atoms with Gasteiger partial charge in [-0.15, -0.1) is 0 Å². The van der Waals surface area contributed by atoms with Crippen molar-refractivity contribution in [3.8, 4) is 0 Å². The van der Waals surface area contributed by atoms with Gasteiger partial charge in [-0.05, 0) is 12.1 Å². The minimum absolute atomic E-state index is 0.0172. The number of nitrogens with two attached hydrogens (primary N) is 6. The van der Waals surface area contributed by atoms with Crippen LogP contribution in [-0.4, -0.2) is 297 Å². The lowest BCUT2D eigenvalue weighted by Gasteiger charge is -2.26. The van der Waals surface area contributed by atoms with E-state index in [0.717, 1.165) is 49.6 Å². The molecule has 0 aliphatic carbocycles. The van der Waals surface area contributed by atoms with Crippen LogP contribution in [0.4, 0.5) is 35.3 Å². The summed E-state index contributed by atoms with van der Waals surface area (Å²) < 4.78 is 223. The van der Waals surface area contributed by atoms with Crippen molar-refractivity contribution in [2.45, 2.75) is 174 Å². The largest absolute Gasteiger partial charge is 0.472 e. The van der Waals surface area contributed by atoms with Crippen molar-refractivity contribution >= 4 is 152 Å². The van der Waals surface area contributed by atoms with Crippen molar-refractivity contribution in [2.24, 2.45) is 0 Å². The average Bonchev–Trinajstić information content (AvgIpc) is 1.61. The van der Waals surface area contributed by atoms with Crippen LogP contribution < -0.4 is 62.5 Å². The molecule has 0 bridgehead atoms. The molecule has 0 saturated carbocycles. The third-order valence-electron chi connectivity index (χ3n) is 24.3. The first-order chi connectivity index (χ1) is 70.6. The number of hydrogen-bond donors (Lipinski definition) is 18. The molecule has 149 heavy (non-hydrogen) atoms. The number of nitrogen functional groups attached to an aromatic ring is 6. The maximum Gasteiger partial charge on any atom is 0.472 e. The Labute approximate surface area is 825 Å². The number of nitrogens with zero attached hydrogens (tertiary/aromatic N) is 22. The third-order valence-corrected chi connectivity index (χ3v) is 30.8. The zero-order valence-corrected chi connectivity index (χ0v) is 81.8. The summed E-state index contributed by atoms with van der Waals surface area (Å²) in [7, 11) is -38.8. The predicted octanol–water partition coefficient (Wildman–Crippen LogP) is -2.18. The lowest BCUT2D eigenvalue weighted by molar-refractivity contribution is -0.0646. The van der Waals surface area contributed by atoms with E-state index in [-0.39, 0.29) is 85.6 Å². The number of imidazole rings is 6. The van der Waals surface area contributed by atoms with E-state index in [1.165, 1.54) is 61.7 Å². The summed E-state index contributed by atoms with van der Waals surface area (Å²) in [5.41, 5.74) is 30.4. The molecule has 79 heteroatoms. The Morgan fingerprint density at radius 2 is 0.604 bits per heavy atom. The minimum Gasteiger partial charge on any atom is -0.390 e. The van der Waals surface area contributed by atoms with Crippen LogP contribution in [0, 0.1) is 0 Å². The topological polar surface area (TPSA) is 994 Å². The molecule has 0 aromatic carbocycles. The van der Waals surface area contributed by atoms with Crippen LogP contribution in [0.2, 0.25) is 0 Å². The van der Waals surface area contributed by atoms with Crippen molar-refractivity contribution in [1.29, 1.82) is 0 Å². The molecule has 13 aromatic rings. The summed E-state index contributed by atoms with van der Waals surface area (Å²) in [5, 5.41) is 11.1. The monoisotopic (exact) mass is 2230 g/mol. The minimum atomic E-state index is -5.70. The second kappa shape index (κ2) is 41.0. The fraction of sp³-hybridized carbons (Fsp3) is 0.500. The van der Waals surface area contributed by atoms with E-state index in [9.17, 15) is 100 Å². The van der Waals surface area contributed by atoms with Gasteiger partial charge in [0, 0.05) is 69.7 Å². The van der Waals surface area contributed by atoms with Gasteiger partial charge in [0.2, 0.25) is 17.8 Å². The normalized spacial score (nSPS) is 28.9. The molecular formula is C70H86N31O41P7. The molecule has 6 unspecified atom stereocenters. The first kappa shape index (κ1) is 105. The molecule has 7 saturated heterocycles. The van der Waals surface area contributed by atoms with Gasteiger partial charge in [0.25, 0.3) is 16.7 Å². The van der Waals surface area contributed by atoms with Crippen molar-refractivity contribution in [1.82, 2.24) is 121 Å². The number of aliphatic hydroxyl groups is 1. The molecule has 0 radical (unpaired) electrons. The summed E-state index contributed by atoms with van der Waals surface area (Å²) in [6, 6.07) is 2.41. The first-order valence-corrected chi connectivity index (χ1v) is 54.5. The zero-order chi connectivity index (χ0) is 105. The molecule has 20 heterocycles. The number of phosphoric ester groups is 7. The lowest BCUT2D eigenvalue weighted by atomic mass is 10.2. The van der Waals surface area contributed by atoms with Crippen LogP contribution in [-0.2, 0) is 124 Å². The number of anilines is 6. The van der Waals surface area contributed by atoms with Gasteiger partial charge in [0.15, 0.2) is 61.8 Å². The van der Waals surface area contributed by atoms with Crippen LogP contribution in [0.3, 0.4) is 0 Å². The van der Waals surface area contributed by atoms with E-state index in [1.54, 1.807) is 6.20 Å². The van der Waals surface area contributed by atoms with Gasteiger partial charge in [0.05, 0.1) is 84.0 Å². The quantitative estimate of drug-likeness (QED) is 0.0182. The van der Waals surface area contributed by atoms with E-state index in [4.69, 9.17) is 122 Å². The molecular weight excluding hydrogens is 2150 g/mol. The number of rotatable bonds is 40. The van der Waals surface area contributed by atoms with Crippen LogP contribution in [0.1, 0.15) is 88.5 Å². The molecule has 802 valence electrons. The smallest absolute Gasteiger partial charge is 0.390 e. The van der Waals surface area contributed by atoms with Crippen molar-refractivity contribution < 1.29 is 168 Å². The standard InChI is InChI=1S/C70H86N31O41P7/c71-42-1-4-95(69(106)86-42)45-8-29(36(131-45)15-123-143(108,109)110)137-145(113,114)128-19-40-34(13-50(135-40)101-27-84-55-62(101)90-68(76)93-65(55)105)142-149(121,122)127-18-39-32(11-48(134-39)98-24-81-52-57-77-3-6-94(57)22-85-59(52)98)140-147(117,118)126-17-38-31(10-47(133-38)97-23-80-51-56(73)78-21-79-58(51)97)139-148(119,120)129-20-41-33(12-49(136-41)100-26-83-54-61(100)89-67(75)92-64(54)104)141-146(115,116)125-16-37-30(9-46(132-37)96-5-2-43(72)87-70(96)107)138-144(111,112)124-14-35-28(102)7-44(130-35)99-25-82-53-60(99)88-66(74)91-63(53)103/h1-6,21-41,44-50,102H,7-20H2,(H,111,112)(H,113,114)(H,115,116)(H,117,118)(H,119,120)(H,121,122)(H2,71,86,106)(H2,72,87,107)(H2,73,78,79)(H2,108,109,110)(H3,74,88,91,103)(H3,75,89,92,104)(H3,76,90,93,105)/t28-,29-,30-,31-,32-,33-,34-,35+,36+,37+,38+,39+,40+,41+,44+,45+,46+,47+,48+,49+,50+/m0/s1. The number of hydrogen-bond acceptors (Lipinski definition) is 53. The SMILES string of the molecule is Nc1ccn([C@H]2C[C@H](OP(=O)(O)OC[C@H]3O[C@@H](n4cnc5c(=O)[nH]c(N)nc54)C[C@@H]3OP(=O)(O)OC[C@H]3O[C@@H](n4cnc5c4ncn4ccnc54)C[C@@H]3OP(=O)(O)OC[C@H]3O[C@@H](n4cnc5c(N)ncnc54)C[C@@H]3OP(=O)(O)OC[C@H]3O[C@@H](n4cnc5c(=O)[nH]c(N)nc54)C[C@@H]3OP(=O)(O)OC[C@H]3O[C@@H](n4ccc(N)nc4=O)C[C@@H]3OP(=O)(O)OC[C@H]3O[C@@H](n4cnc5c(=O)[nH]c(N)nc54)C[C@@H]3O)[C@@H](COP(=O)(O)O)O2)c(=O)n1. The molecule has 20 rings (SSSR count). The Morgan fingerprint density at radius 1 is 0.315 bits per heavy atom. The number of aromatic amines is 3. The maximum absolute atomic E-state index is 14.8. The number of H-pyrrole nitrogens is 3. The molecule has 0 amide bonds. The molecule has 7 aliphatic rings. The van der Waals surface area contributed by atoms with Gasteiger partial charge >= 0.3 is 66.1 Å². The van der Waals surface area contributed by atoms with E-state index in [2.05, 4.69) is 89.3 Å². The molecule has 7 fully saturated rings. The highest BCUT2D eigenvalue weighted by molar-refractivity contribution is 7.49. The number of aromatic nitrogens is 25. The van der Waals surface area contributed by atoms with E-state index in [1.807, 2.05) is 0 Å². The third kappa shape index (κ3) is 23.0. The van der Waals surface area contributed by atoms with Gasteiger partial charge in [0.1, 0.15) is 153 Å². The predicted molar refractivity (Wildman–Crippen MR) is 487 cm³/mol. The fourth-order valence-corrected chi connectivity index (χ4v) is 23.7. The number of ether oxygens (including phenoxy) is 7. The van der Waals surface area contributed by atoms with Crippen molar-refractivity contribution in [2.75, 3.05) is 80.7 Å². The first-order valence-electron chi connectivity index (χ1n) is 44.0.